The van der Waals surface area contributed by atoms with Crippen molar-refractivity contribution in [1.82, 2.24) is 4.90 Å². The van der Waals surface area contributed by atoms with Crippen molar-refractivity contribution in [3.63, 3.8) is 0 Å². The molecule has 1 aliphatic rings. The van der Waals surface area contributed by atoms with Crippen LogP contribution in [0.5, 0.6) is 0 Å². The van der Waals surface area contributed by atoms with Crippen LogP contribution in [0.1, 0.15) is 5.56 Å². The lowest BCUT2D eigenvalue weighted by Gasteiger charge is -2.30. The Kier molecular flexibility index (Phi) is 4.87. The number of carbonyl (C=O) groups excluding carboxylic acids is 1. The van der Waals surface area contributed by atoms with Crippen molar-refractivity contribution in [2.24, 2.45) is 0 Å². The van der Waals surface area contributed by atoms with E-state index in [-0.39, 0.29) is 25.6 Å². The Morgan fingerprint density at radius 1 is 1.48 bits per heavy atom. The van der Waals surface area contributed by atoms with Crippen LogP contribution in [0, 0.1) is 11.3 Å². The van der Waals surface area contributed by atoms with Gasteiger partial charge in [0.25, 0.3) is 0 Å². The average Bonchev–Trinajstić information content (AvgIpc) is 2.48. The summed E-state index contributed by atoms with van der Waals surface area (Å²) in [5.41, 5.74) is 0.837. The van der Waals surface area contributed by atoms with E-state index in [1.165, 1.54) is 0 Å². The van der Waals surface area contributed by atoms with Gasteiger partial charge in [-0.15, -0.1) is 0 Å². The Hall–Kier alpha value is -2.43. The minimum Gasteiger partial charge on any atom is -0.479 e. The molecular weight excluding hydrogens is 274 g/mol. The molecule has 1 atom stereocenters. The Labute approximate surface area is 121 Å². The highest BCUT2D eigenvalue weighted by Crippen LogP contribution is 2.13. The first-order valence-electron chi connectivity index (χ1n) is 6.46. The largest absolute Gasteiger partial charge is 0.479 e. The minimum atomic E-state index is -1.03. The summed E-state index contributed by atoms with van der Waals surface area (Å²) in [7, 11) is 0. The molecule has 1 amide bonds. The number of carbonyl (C=O) groups is 2. The number of nitrogens with zero attached hydrogens (tertiary/aromatic N) is 2. The number of amides is 1. The van der Waals surface area contributed by atoms with Gasteiger partial charge in [0.2, 0.25) is 5.91 Å². The first-order chi connectivity index (χ1) is 10.1. The number of hydrogen-bond donors (Lipinski definition) is 2. The third kappa shape index (κ3) is 4.02. The fourth-order valence-electron chi connectivity index (χ4n) is 2.08. The quantitative estimate of drug-likeness (QED) is 0.825. The maximum absolute atomic E-state index is 12.0. The van der Waals surface area contributed by atoms with Crippen LogP contribution in [0.3, 0.4) is 0 Å². The first kappa shape index (κ1) is 15.0. The van der Waals surface area contributed by atoms with Gasteiger partial charge in [-0.3, -0.25) is 9.69 Å². The number of nitrogens with one attached hydrogen (secondary N) is 1. The van der Waals surface area contributed by atoms with Crippen LogP contribution in [0.4, 0.5) is 5.69 Å². The van der Waals surface area contributed by atoms with E-state index >= 15 is 0 Å². The van der Waals surface area contributed by atoms with Crippen LogP contribution < -0.4 is 5.32 Å². The van der Waals surface area contributed by atoms with Crippen LogP contribution in [0.15, 0.2) is 24.3 Å². The van der Waals surface area contributed by atoms with E-state index in [0.717, 1.165) is 0 Å². The smallest absolute Gasteiger partial charge is 0.334 e. The van der Waals surface area contributed by atoms with Gasteiger partial charge in [-0.1, -0.05) is 12.1 Å². The van der Waals surface area contributed by atoms with Gasteiger partial charge in [0, 0.05) is 13.1 Å². The van der Waals surface area contributed by atoms with Crippen LogP contribution >= 0.6 is 0 Å². The molecule has 1 aliphatic heterocycles. The number of aliphatic carboxylic acids is 1. The van der Waals surface area contributed by atoms with Gasteiger partial charge in [0.05, 0.1) is 24.4 Å². The number of anilines is 1. The number of ether oxygens (including phenoxy) is 1. The van der Waals surface area contributed by atoms with E-state index in [1.54, 1.807) is 29.2 Å². The van der Waals surface area contributed by atoms with Gasteiger partial charge in [-0.05, 0) is 12.1 Å². The zero-order valence-electron chi connectivity index (χ0n) is 11.3. The van der Waals surface area contributed by atoms with Gasteiger partial charge >= 0.3 is 5.97 Å². The molecular formula is C14H15N3O4. The van der Waals surface area contributed by atoms with Crippen molar-refractivity contribution < 1.29 is 19.4 Å². The predicted molar refractivity (Wildman–Crippen MR) is 73.6 cm³/mol. The summed E-state index contributed by atoms with van der Waals surface area (Å²) >= 11 is 0. The average molecular weight is 289 g/mol. The van der Waals surface area contributed by atoms with E-state index < -0.39 is 12.1 Å². The van der Waals surface area contributed by atoms with Gasteiger partial charge in [-0.2, -0.15) is 5.26 Å². The van der Waals surface area contributed by atoms with E-state index in [1.807, 2.05) is 6.07 Å². The molecule has 1 aromatic rings. The van der Waals surface area contributed by atoms with Crippen LogP contribution in [0.25, 0.3) is 0 Å². The Balaban J connectivity index is 1.93. The minimum absolute atomic E-state index is 0.0624. The van der Waals surface area contributed by atoms with Crippen molar-refractivity contribution in [3.05, 3.63) is 29.8 Å². The molecule has 0 aromatic heterocycles. The second-order valence-electron chi connectivity index (χ2n) is 4.64. The summed E-state index contributed by atoms with van der Waals surface area (Å²) in [6, 6.07) is 8.71. The van der Waals surface area contributed by atoms with Gasteiger partial charge < -0.3 is 15.2 Å². The summed E-state index contributed by atoms with van der Waals surface area (Å²) in [4.78, 5) is 24.6. The number of para-hydroxylation sites is 1. The number of carboxylic acid groups (broad SMARTS) is 1. The highest BCUT2D eigenvalue weighted by Gasteiger charge is 2.27. The lowest BCUT2D eigenvalue weighted by atomic mass is 10.2. The molecule has 7 heteroatoms. The second kappa shape index (κ2) is 6.83. The molecule has 1 fully saturated rings. The Morgan fingerprint density at radius 3 is 2.95 bits per heavy atom. The van der Waals surface area contributed by atoms with Crippen molar-refractivity contribution >= 4 is 17.6 Å². The summed E-state index contributed by atoms with van der Waals surface area (Å²) in [6.45, 7) is 1.01. The number of nitriles is 1. The molecule has 1 aromatic carbocycles. The lowest BCUT2D eigenvalue weighted by Crippen LogP contribution is -2.48. The third-order valence-corrected chi connectivity index (χ3v) is 3.11. The number of morpholine rings is 1. The van der Waals surface area contributed by atoms with E-state index in [0.29, 0.717) is 17.8 Å². The standard InChI is InChI=1S/C14H15N3O4/c15-7-10-3-1-2-4-11(10)16-13(18)9-17-5-6-21-12(8-17)14(19)20/h1-4,12H,5-6,8-9H2,(H,16,18)(H,19,20). The highest BCUT2D eigenvalue weighted by molar-refractivity contribution is 5.93. The number of rotatable bonds is 4. The zero-order chi connectivity index (χ0) is 15.2. The molecule has 2 N–H and O–H groups in total. The first-order valence-corrected chi connectivity index (χ1v) is 6.46. The molecule has 0 spiro atoms. The second-order valence-corrected chi connectivity index (χ2v) is 4.64. The van der Waals surface area contributed by atoms with Gasteiger partial charge in [0.15, 0.2) is 6.10 Å². The van der Waals surface area contributed by atoms with Gasteiger partial charge in [-0.25, -0.2) is 4.79 Å². The molecule has 7 nitrogen and oxygen atoms in total. The van der Waals surface area contributed by atoms with Crippen LogP contribution in [-0.4, -0.2) is 54.2 Å². The van der Waals surface area contributed by atoms with E-state index in [4.69, 9.17) is 15.1 Å². The highest BCUT2D eigenvalue weighted by atomic mass is 16.5. The molecule has 2 rings (SSSR count). The summed E-state index contributed by atoms with van der Waals surface area (Å²) in [5.74, 6) is -1.32. The number of hydrogen-bond acceptors (Lipinski definition) is 5. The Bertz CT molecular complexity index is 582. The SMILES string of the molecule is N#Cc1ccccc1NC(=O)CN1CCOC(C(=O)O)C1. The fraction of sp³-hybridized carbons (Fsp3) is 0.357. The van der Waals surface area contributed by atoms with E-state index in [2.05, 4.69) is 5.32 Å². The zero-order valence-corrected chi connectivity index (χ0v) is 11.3. The topological polar surface area (TPSA) is 103 Å². The maximum Gasteiger partial charge on any atom is 0.334 e. The van der Waals surface area contributed by atoms with E-state index in [9.17, 15) is 9.59 Å². The molecule has 0 saturated carbocycles. The lowest BCUT2D eigenvalue weighted by molar-refractivity contribution is -0.156. The Morgan fingerprint density at radius 2 is 2.24 bits per heavy atom. The summed E-state index contributed by atoms with van der Waals surface area (Å²) in [6.07, 6.45) is -0.905. The molecule has 1 heterocycles. The molecule has 0 bridgehead atoms. The van der Waals surface area contributed by atoms with Crippen LogP contribution in [0.2, 0.25) is 0 Å². The monoisotopic (exact) mass is 289 g/mol. The number of carboxylic acids is 1. The van der Waals surface area contributed by atoms with Crippen molar-refractivity contribution in [2.45, 2.75) is 6.10 Å². The van der Waals surface area contributed by atoms with Gasteiger partial charge in [0.1, 0.15) is 6.07 Å². The normalized spacial score (nSPS) is 18.7. The van der Waals surface area contributed by atoms with Crippen molar-refractivity contribution in [3.8, 4) is 6.07 Å². The molecule has 0 aliphatic carbocycles. The van der Waals surface area contributed by atoms with Crippen LogP contribution in [-0.2, 0) is 14.3 Å². The third-order valence-electron chi connectivity index (χ3n) is 3.11. The molecule has 0 radical (unpaired) electrons. The number of benzene rings is 1. The van der Waals surface area contributed by atoms with Crippen molar-refractivity contribution in [1.29, 1.82) is 5.26 Å². The molecule has 1 unspecified atom stereocenters. The predicted octanol–water partition coefficient (Wildman–Crippen LogP) is 0.282. The van der Waals surface area contributed by atoms with Crippen molar-refractivity contribution in [2.75, 3.05) is 31.6 Å². The summed E-state index contributed by atoms with van der Waals surface area (Å²) in [5, 5.41) is 20.5. The summed E-state index contributed by atoms with van der Waals surface area (Å²) < 4.78 is 5.09. The maximum atomic E-state index is 12.0. The fourth-order valence-corrected chi connectivity index (χ4v) is 2.08. The molecule has 1 saturated heterocycles. The molecule has 110 valence electrons. The molecule has 21 heavy (non-hydrogen) atoms.